The number of aldehydes is 1. The molecule has 21 heavy (non-hydrogen) atoms. The van der Waals surface area contributed by atoms with Crippen LogP contribution in [0.2, 0.25) is 0 Å². The number of aromatic nitrogens is 1. The van der Waals surface area contributed by atoms with Crippen LogP contribution >= 0.6 is 0 Å². The largest absolute Gasteiger partial charge is 0.478 e. The van der Waals surface area contributed by atoms with Crippen molar-refractivity contribution >= 4 is 6.29 Å². The average molecular weight is 291 g/mol. The molecule has 1 saturated heterocycles. The fourth-order valence-corrected chi connectivity index (χ4v) is 2.51. The van der Waals surface area contributed by atoms with Crippen LogP contribution in [0.5, 0.6) is 5.88 Å². The first kappa shape index (κ1) is 15.9. The summed E-state index contributed by atoms with van der Waals surface area (Å²) < 4.78 is 5.58. The van der Waals surface area contributed by atoms with E-state index >= 15 is 0 Å². The highest BCUT2D eigenvalue weighted by molar-refractivity contribution is 5.74. The molecular formula is C16H25N3O2. The molecule has 0 unspecified atom stereocenters. The fraction of sp³-hybridized carbons (Fsp3) is 0.625. The number of pyridine rings is 1. The van der Waals surface area contributed by atoms with E-state index in [9.17, 15) is 4.79 Å². The predicted molar refractivity (Wildman–Crippen MR) is 82.9 cm³/mol. The Morgan fingerprint density at radius 2 is 2.19 bits per heavy atom. The van der Waals surface area contributed by atoms with Gasteiger partial charge in [0.15, 0.2) is 0 Å². The van der Waals surface area contributed by atoms with Crippen molar-refractivity contribution in [2.24, 2.45) is 0 Å². The molecule has 0 atom stereocenters. The molecular weight excluding hydrogens is 266 g/mol. The van der Waals surface area contributed by atoms with E-state index < -0.39 is 0 Å². The molecule has 0 radical (unpaired) electrons. The molecule has 0 bridgehead atoms. The molecule has 0 spiro atoms. The van der Waals surface area contributed by atoms with Crippen molar-refractivity contribution in [3.8, 4) is 5.88 Å². The van der Waals surface area contributed by atoms with E-state index in [0.717, 1.165) is 25.7 Å². The van der Waals surface area contributed by atoms with Crippen LogP contribution < -0.4 is 4.74 Å². The summed E-state index contributed by atoms with van der Waals surface area (Å²) in [6.07, 6.45) is 5.82. The standard InChI is InChI=1S/C16H25N3O2/c1-18-7-4-9-19(11-10-18)8-2-3-12-21-16-13-15(14-20)5-6-17-16/h5-6,13-14H,2-4,7-12H2,1H3. The number of carbonyl (C=O) groups excluding carboxylic acids is 1. The molecule has 1 aliphatic rings. The molecule has 0 saturated carbocycles. The molecule has 1 aromatic heterocycles. The van der Waals surface area contributed by atoms with Gasteiger partial charge in [-0.1, -0.05) is 0 Å². The van der Waals surface area contributed by atoms with E-state index in [1.54, 1.807) is 18.3 Å². The van der Waals surface area contributed by atoms with Gasteiger partial charge in [-0.25, -0.2) is 4.98 Å². The highest BCUT2D eigenvalue weighted by atomic mass is 16.5. The van der Waals surface area contributed by atoms with Crippen molar-refractivity contribution in [1.82, 2.24) is 14.8 Å². The summed E-state index contributed by atoms with van der Waals surface area (Å²) in [7, 11) is 2.19. The molecule has 0 amide bonds. The Bertz CT molecular complexity index is 439. The van der Waals surface area contributed by atoms with Crippen molar-refractivity contribution in [3.05, 3.63) is 23.9 Å². The van der Waals surface area contributed by atoms with E-state index in [1.807, 2.05) is 0 Å². The molecule has 2 rings (SSSR count). The Morgan fingerprint density at radius 3 is 3.05 bits per heavy atom. The molecule has 1 aliphatic heterocycles. The third kappa shape index (κ3) is 5.81. The third-order valence-electron chi connectivity index (χ3n) is 3.83. The zero-order chi connectivity index (χ0) is 14.9. The normalized spacial score (nSPS) is 17.4. The van der Waals surface area contributed by atoms with E-state index in [-0.39, 0.29) is 0 Å². The summed E-state index contributed by atoms with van der Waals surface area (Å²) in [6, 6.07) is 3.36. The Balaban J connectivity index is 1.60. The number of rotatable bonds is 7. The number of unbranched alkanes of at least 4 members (excludes halogenated alkanes) is 1. The van der Waals surface area contributed by atoms with Gasteiger partial charge in [-0.15, -0.1) is 0 Å². The number of hydrogen-bond donors (Lipinski definition) is 0. The maximum atomic E-state index is 10.7. The van der Waals surface area contributed by atoms with Crippen LogP contribution in [0.4, 0.5) is 0 Å². The second kappa shape index (κ2) is 8.74. The smallest absolute Gasteiger partial charge is 0.213 e. The third-order valence-corrected chi connectivity index (χ3v) is 3.83. The van der Waals surface area contributed by atoms with Gasteiger partial charge in [-0.05, 0) is 52.0 Å². The molecule has 1 aromatic rings. The van der Waals surface area contributed by atoms with Gasteiger partial charge in [0.1, 0.15) is 6.29 Å². The Kier molecular flexibility index (Phi) is 6.63. The minimum Gasteiger partial charge on any atom is -0.478 e. The van der Waals surface area contributed by atoms with E-state index in [2.05, 4.69) is 21.8 Å². The SMILES string of the molecule is CN1CCCN(CCCCOc2cc(C=O)ccn2)CC1. The zero-order valence-electron chi connectivity index (χ0n) is 12.8. The second-order valence-electron chi connectivity index (χ2n) is 5.60. The van der Waals surface area contributed by atoms with Crippen LogP contribution in [-0.2, 0) is 0 Å². The van der Waals surface area contributed by atoms with Gasteiger partial charge >= 0.3 is 0 Å². The highest BCUT2D eigenvalue weighted by Gasteiger charge is 2.11. The lowest BCUT2D eigenvalue weighted by Gasteiger charge is -2.19. The first-order valence-corrected chi connectivity index (χ1v) is 7.73. The number of hydrogen-bond acceptors (Lipinski definition) is 5. The number of nitrogens with zero attached hydrogens (tertiary/aromatic N) is 3. The first-order valence-electron chi connectivity index (χ1n) is 7.73. The van der Waals surface area contributed by atoms with E-state index in [1.165, 1.54) is 32.6 Å². The summed E-state index contributed by atoms with van der Waals surface area (Å²) in [5.74, 6) is 0.538. The van der Waals surface area contributed by atoms with Crippen LogP contribution in [0.25, 0.3) is 0 Å². The highest BCUT2D eigenvalue weighted by Crippen LogP contribution is 2.09. The van der Waals surface area contributed by atoms with Gasteiger partial charge in [-0.2, -0.15) is 0 Å². The molecule has 116 valence electrons. The van der Waals surface area contributed by atoms with Crippen molar-refractivity contribution in [1.29, 1.82) is 0 Å². The molecule has 1 fully saturated rings. The van der Waals surface area contributed by atoms with Crippen LogP contribution in [-0.4, -0.2) is 67.4 Å². The predicted octanol–water partition coefficient (Wildman–Crippen LogP) is 1.69. The Labute approximate surface area is 126 Å². The second-order valence-corrected chi connectivity index (χ2v) is 5.60. The van der Waals surface area contributed by atoms with Gasteiger partial charge in [0.2, 0.25) is 5.88 Å². The number of carbonyl (C=O) groups is 1. The van der Waals surface area contributed by atoms with Crippen LogP contribution in [0, 0.1) is 0 Å². The lowest BCUT2D eigenvalue weighted by Crippen LogP contribution is -2.29. The lowest BCUT2D eigenvalue weighted by molar-refractivity contribution is 0.112. The van der Waals surface area contributed by atoms with Gasteiger partial charge in [-0.3, -0.25) is 4.79 Å². The van der Waals surface area contributed by atoms with Crippen LogP contribution in [0.3, 0.4) is 0 Å². The maximum Gasteiger partial charge on any atom is 0.213 e. The monoisotopic (exact) mass is 291 g/mol. The fourth-order valence-electron chi connectivity index (χ4n) is 2.51. The van der Waals surface area contributed by atoms with Crippen LogP contribution in [0.1, 0.15) is 29.6 Å². The van der Waals surface area contributed by atoms with Gasteiger partial charge < -0.3 is 14.5 Å². The minimum absolute atomic E-state index is 0.538. The molecule has 5 nitrogen and oxygen atoms in total. The van der Waals surface area contributed by atoms with Crippen molar-refractivity contribution < 1.29 is 9.53 Å². The maximum absolute atomic E-state index is 10.7. The van der Waals surface area contributed by atoms with Gasteiger partial charge in [0, 0.05) is 30.9 Å². The van der Waals surface area contributed by atoms with Gasteiger partial charge in [0.25, 0.3) is 0 Å². The van der Waals surface area contributed by atoms with Crippen molar-refractivity contribution in [2.75, 3.05) is 46.4 Å². The summed E-state index contributed by atoms with van der Waals surface area (Å²) in [5.41, 5.74) is 0.605. The quantitative estimate of drug-likeness (QED) is 0.565. The summed E-state index contributed by atoms with van der Waals surface area (Å²) in [4.78, 5) is 19.7. The topological polar surface area (TPSA) is 45.7 Å². The summed E-state index contributed by atoms with van der Waals surface area (Å²) in [5, 5.41) is 0. The Morgan fingerprint density at radius 1 is 1.29 bits per heavy atom. The van der Waals surface area contributed by atoms with Crippen LogP contribution in [0.15, 0.2) is 18.3 Å². The molecule has 5 heteroatoms. The summed E-state index contributed by atoms with van der Waals surface area (Å²) >= 11 is 0. The summed E-state index contributed by atoms with van der Waals surface area (Å²) in [6.45, 7) is 6.54. The zero-order valence-corrected chi connectivity index (χ0v) is 12.8. The van der Waals surface area contributed by atoms with E-state index in [4.69, 9.17) is 4.74 Å². The Hall–Kier alpha value is -1.46. The minimum atomic E-state index is 0.538. The van der Waals surface area contributed by atoms with Crippen molar-refractivity contribution in [3.63, 3.8) is 0 Å². The van der Waals surface area contributed by atoms with Gasteiger partial charge in [0.05, 0.1) is 6.61 Å². The number of ether oxygens (including phenoxy) is 1. The average Bonchev–Trinajstić information content (AvgIpc) is 2.72. The first-order chi connectivity index (χ1) is 10.3. The van der Waals surface area contributed by atoms with E-state index in [0.29, 0.717) is 18.1 Å². The molecule has 0 aromatic carbocycles. The molecule has 0 N–H and O–H groups in total. The number of likely N-dealkylation sites (N-methyl/N-ethyl adjacent to an activating group) is 1. The van der Waals surface area contributed by atoms with Crippen molar-refractivity contribution in [2.45, 2.75) is 19.3 Å². The molecule has 2 heterocycles. The lowest BCUT2D eigenvalue weighted by atomic mass is 10.3. The molecule has 0 aliphatic carbocycles.